The van der Waals surface area contributed by atoms with Gasteiger partial charge in [0.1, 0.15) is 17.8 Å². The van der Waals surface area contributed by atoms with Crippen LogP contribution in [0.4, 0.5) is 0 Å². The molecule has 0 saturated heterocycles. The van der Waals surface area contributed by atoms with E-state index in [0.29, 0.717) is 29.2 Å². The lowest BCUT2D eigenvalue weighted by Crippen LogP contribution is -2.25. The van der Waals surface area contributed by atoms with Crippen molar-refractivity contribution in [3.05, 3.63) is 76.0 Å². The third-order valence-electron chi connectivity index (χ3n) is 6.34. The highest BCUT2D eigenvalue weighted by Gasteiger charge is 2.22. The van der Waals surface area contributed by atoms with E-state index < -0.39 is 0 Å². The number of nitrogens with zero attached hydrogens (tertiary/aromatic N) is 3. The number of aromatic nitrogens is 3. The number of amidine groups is 1. The fraction of sp³-hybridized carbons (Fsp3) is 0.385. The van der Waals surface area contributed by atoms with Crippen molar-refractivity contribution in [1.29, 1.82) is 5.41 Å². The van der Waals surface area contributed by atoms with Gasteiger partial charge in [0.15, 0.2) is 0 Å². The van der Waals surface area contributed by atoms with Gasteiger partial charge in [-0.1, -0.05) is 25.5 Å². The normalized spacial score (nSPS) is 14.7. The van der Waals surface area contributed by atoms with Crippen molar-refractivity contribution < 1.29 is 9.53 Å². The number of hydrogen-bond donors (Lipinski definition) is 2. The zero-order chi connectivity index (χ0) is 24.2. The van der Waals surface area contributed by atoms with Crippen LogP contribution in [0.3, 0.4) is 0 Å². The first kappa shape index (κ1) is 26.2. The zero-order valence-electron chi connectivity index (χ0n) is 20.1. The second kappa shape index (κ2) is 11.4. The van der Waals surface area contributed by atoms with E-state index in [2.05, 4.69) is 5.10 Å². The quantitative estimate of drug-likeness (QED) is 0.289. The number of nitrogens with two attached hydrogens (primary N) is 1. The fourth-order valence-corrected chi connectivity index (χ4v) is 4.39. The number of aryl methyl sites for hydroxylation is 1. The van der Waals surface area contributed by atoms with Crippen molar-refractivity contribution in [3.8, 4) is 11.4 Å². The predicted octanol–water partition coefficient (Wildman–Crippen LogP) is 4.09. The van der Waals surface area contributed by atoms with Gasteiger partial charge in [-0.3, -0.25) is 10.2 Å². The van der Waals surface area contributed by atoms with Gasteiger partial charge < -0.3 is 10.5 Å². The SMILES string of the molecule is Cc1nn(-c2ccc(C(=N)N)cc2)c(=O)n1-c1ccc(CC(C)C(=O)OC2CCCCC2)cc1.Cl. The van der Waals surface area contributed by atoms with Gasteiger partial charge in [0.05, 0.1) is 17.3 Å². The highest BCUT2D eigenvalue weighted by atomic mass is 35.5. The van der Waals surface area contributed by atoms with Gasteiger partial charge in [-0.25, -0.2) is 9.36 Å². The van der Waals surface area contributed by atoms with Gasteiger partial charge in [0.2, 0.25) is 0 Å². The van der Waals surface area contributed by atoms with Crippen LogP contribution in [-0.4, -0.2) is 32.3 Å². The molecule has 1 aliphatic carbocycles. The first-order valence-electron chi connectivity index (χ1n) is 11.8. The maximum atomic E-state index is 13.1. The molecule has 0 bridgehead atoms. The molecule has 1 aromatic heterocycles. The van der Waals surface area contributed by atoms with Crippen LogP contribution in [-0.2, 0) is 16.0 Å². The Balaban J connectivity index is 0.00000342. The van der Waals surface area contributed by atoms with Crippen LogP contribution in [0, 0.1) is 18.3 Å². The second-order valence-electron chi connectivity index (χ2n) is 9.01. The van der Waals surface area contributed by atoms with Crippen LogP contribution in [0.1, 0.15) is 56.0 Å². The molecule has 186 valence electrons. The molecule has 3 N–H and O–H groups in total. The Hall–Kier alpha value is -3.39. The van der Waals surface area contributed by atoms with Crippen LogP contribution in [0.2, 0.25) is 0 Å². The maximum Gasteiger partial charge on any atom is 0.355 e. The minimum absolute atomic E-state index is 0. The van der Waals surface area contributed by atoms with E-state index in [1.165, 1.54) is 11.1 Å². The number of nitrogen functional groups attached to an aromatic ring is 1. The summed E-state index contributed by atoms with van der Waals surface area (Å²) in [6, 6.07) is 14.4. The van der Waals surface area contributed by atoms with Crippen molar-refractivity contribution in [2.24, 2.45) is 11.7 Å². The van der Waals surface area contributed by atoms with Crippen LogP contribution in [0.5, 0.6) is 0 Å². The summed E-state index contributed by atoms with van der Waals surface area (Å²) in [6.07, 6.45) is 6.08. The number of benzene rings is 2. The third kappa shape index (κ3) is 6.00. The lowest BCUT2D eigenvalue weighted by atomic mass is 9.97. The molecule has 3 aromatic rings. The molecule has 1 fully saturated rings. The minimum Gasteiger partial charge on any atom is -0.462 e. The predicted molar refractivity (Wildman–Crippen MR) is 138 cm³/mol. The molecule has 1 atom stereocenters. The van der Waals surface area contributed by atoms with Gasteiger partial charge in [-0.05, 0) is 81.0 Å². The molecular weight excluding hydrogens is 466 g/mol. The average molecular weight is 498 g/mol. The van der Waals surface area contributed by atoms with Gasteiger partial charge in [0, 0.05) is 5.56 Å². The molecule has 1 saturated carbocycles. The molecule has 1 heterocycles. The molecule has 1 aliphatic rings. The monoisotopic (exact) mass is 497 g/mol. The second-order valence-corrected chi connectivity index (χ2v) is 9.01. The van der Waals surface area contributed by atoms with Gasteiger partial charge >= 0.3 is 11.7 Å². The Morgan fingerprint density at radius 3 is 2.29 bits per heavy atom. The molecule has 9 heteroatoms. The first-order valence-corrected chi connectivity index (χ1v) is 11.8. The molecule has 35 heavy (non-hydrogen) atoms. The van der Waals surface area contributed by atoms with Crippen molar-refractivity contribution in [2.45, 2.75) is 58.5 Å². The summed E-state index contributed by atoms with van der Waals surface area (Å²) in [7, 11) is 0. The molecule has 1 unspecified atom stereocenters. The summed E-state index contributed by atoms with van der Waals surface area (Å²) >= 11 is 0. The van der Waals surface area contributed by atoms with Gasteiger partial charge in [0.25, 0.3) is 0 Å². The van der Waals surface area contributed by atoms with Crippen LogP contribution in [0.25, 0.3) is 11.4 Å². The highest BCUT2D eigenvalue weighted by Crippen LogP contribution is 2.22. The van der Waals surface area contributed by atoms with E-state index in [1.807, 2.05) is 31.2 Å². The largest absolute Gasteiger partial charge is 0.462 e. The minimum atomic E-state index is -0.287. The Kier molecular flexibility index (Phi) is 8.51. The lowest BCUT2D eigenvalue weighted by Gasteiger charge is -2.23. The highest BCUT2D eigenvalue weighted by molar-refractivity contribution is 5.95. The Morgan fingerprint density at radius 1 is 1.09 bits per heavy atom. The number of hydrogen-bond acceptors (Lipinski definition) is 5. The van der Waals surface area contributed by atoms with Crippen molar-refractivity contribution >= 4 is 24.2 Å². The number of carbonyl (C=O) groups excluding carboxylic acids is 1. The van der Waals surface area contributed by atoms with Gasteiger partial charge in [-0.15, -0.1) is 17.5 Å². The lowest BCUT2D eigenvalue weighted by molar-refractivity contribution is -0.154. The Morgan fingerprint density at radius 2 is 1.69 bits per heavy atom. The van der Waals surface area contributed by atoms with Crippen molar-refractivity contribution in [1.82, 2.24) is 14.3 Å². The Labute approximate surface area is 211 Å². The van der Waals surface area contributed by atoms with Crippen LogP contribution in [0.15, 0.2) is 53.3 Å². The molecule has 0 spiro atoms. The molecule has 2 aromatic carbocycles. The molecule has 4 rings (SSSR count). The van der Waals surface area contributed by atoms with Gasteiger partial charge in [-0.2, -0.15) is 4.68 Å². The first-order chi connectivity index (χ1) is 16.3. The molecule has 0 radical (unpaired) electrons. The summed E-state index contributed by atoms with van der Waals surface area (Å²) in [5.74, 6) is 0.160. The molecular formula is C26H32ClN5O3. The average Bonchev–Trinajstić information content (AvgIpc) is 3.14. The number of nitrogens with one attached hydrogen (secondary N) is 1. The summed E-state index contributed by atoms with van der Waals surface area (Å²) in [5, 5.41) is 11.9. The van der Waals surface area contributed by atoms with E-state index in [0.717, 1.165) is 31.2 Å². The van der Waals surface area contributed by atoms with E-state index in [9.17, 15) is 9.59 Å². The maximum absolute atomic E-state index is 13.1. The van der Waals surface area contributed by atoms with E-state index >= 15 is 0 Å². The summed E-state index contributed by atoms with van der Waals surface area (Å²) in [4.78, 5) is 25.6. The van der Waals surface area contributed by atoms with Crippen molar-refractivity contribution in [3.63, 3.8) is 0 Å². The smallest absolute Gasteiger partial charge is 0.355 e. The van der Waals surface area contributed by atoms with E-state index in [-0.39, 0.29) is 41.9 Å². The third-order valence-corrected chi connectivity index (χ3v) is 6.34. The summed E-state index contributed by atoms with van der Waals surface area (Å²) in [5.41, 5.74) is 8.11. The summed E-state index contributed by atoms with van der Waals surface area (Å²) < 4.78 is 8.58. The van der Waals surface area contributed by atoms with Crippen LogP contribution < -0.4 is 11.4 Å². The zero-order valence-corrected chi connectivity index (χ0v) is 20.9. The molecule has 0 aliphatic heterocycles. The number of ether oxygens (including phenoxy) is 1. The Bertz CT molecular complexity index is 1230. The molecule has 8 nitrogen and oxygen atoms in total. The number of carbonyl (C=O) groups is 1. The van der Waals surface area contributed by atoms with Crippen molar-refractivity contribution in [2.75, 3.05) is 0 Å². The van der Waals surface area contributed by atoms with Crippen LogP contribution >= 0.6 is 12.4 Å². The topological polar surface area (TPSA) is 116 Å². The summed E-state index contributed by atoms with van der Waals surface area (Å²) in [6.45, 7) is 3.67. The number of esters is 1. The molecule has 0 amide bonds. The number of rotatable bonds is 7. The van der Waals surface area contributed by atoms with E-state index in [1.54, 1.807) is 35.8 Å². The fourth-order valence-electron chi connectivity index (χ4n) is 4.39. The number of halogens is 1. The van der Waals surface area contributed by atoms with E-state index in [4.69, 9.17) is 15.9 Å². The standard InChI is InChI=1S/C26H31N5O3.ClH/c1-17(25(32)34-23-6-4-3-5-7-23)16-19-8-12-21(13-9-19)30-18(2)29-31(26(30)33)22-14-10-20(11-15-22)24(27)28;/h8-15,17,23H,3-7,16H2,1-2H3,(H3,27,28);1H.